The lowest BCUT2D eigenvalue weighted by molar-refractivity contribution is -0.113. The van der Waals surface area contributed by atoms with Gasteiger partial charge in [-0.1, -0.05) is 42.5 Å². The van der Waals surface area contributed by atoms with Gasteiger partial charge >= 0.3 is 0 Å². The first-order valence-corrected chi connectivity index (χ1v) is 8.58. The van der Waals surface area contributed by atoms with E-state index in [9.17, 15) is 9.59 Å². The molecule has 0 saturated carbocycles. The van der Waals surface area contributed by atoms with Crippen LogP contribution in [0.2, 0.25) is 0 Å². The van der Waals surface area contributed by atoms with Gasteiger partial charge in [-0.05, 0) is 41.8 Å². The van der Waals surface area contributed by atoms with E-state index in [1.807, 2.05) is 41.8 Å². The summed E-state index contributed by atoms with van der Waals surface area (Å²) in [6.45, 7) is 0. The minimum absolute atomic E-state index is 0.195. The van der Waals surface area contributed by atoms with Crippen LogP contribution in [0, 0.1) is 0 Å². The largest absolute Gasteiger partial charge is 0.321 e. The number of para-hydroxylation sites is 1. The predicted octanol–water partition coefficient (Wildman–Crippen LogP) is 4.16. The Kier molecular flexibility index (Phi) is 5.39. The van der Waals surface area contributed by atoms with E-state index >= 15 is 0 Å². The molecule has 0 radical (unpaired) electrons. The van der Waals surface area contributed by atoms with E-state index in [-0.39, 0.29) is 17.5 Å². The SMILES string of the molecule is O=C(Nc1ccccc1)/C(=C\c1cccs1)NC(=O)c1ccccc1. The Hall–Kier alpha value is -3.18. The summed E-state index contributed by atoms with van der Waals surface area (Å²) in [5, 5.41) is 7.42. The number of amides is 2. The van der Waals surface area contributed by atoms with Crippen LogP contribution in [-0.4, -0.2) is 11.8 Å². The molecule has 2 aromatic carbocycles. The number of hydrogen-bond acceptors (Lipinski definition) is 3. The van der Waals surface area contributed by atoms with Crippen LogP contribution in [0.25, 0.3) is 6.08 Å². The van der Waals surface area contributed by atoms with Crippen molar-refractivity contribution in [2.75, 3.05) is 5.32 Å². The lowest BCUT2D eigenvalue weighted by Gasteiger charge is -2.11. The van der Waals surface area contributed by atoms with Gasteiger partial charge in [0.25, 0.3) is 11.8 Å². The Morgan fingerprint density at radius 2 is 1.52 bits per heavy atom. The molecule has 2 N–H and O–H groups in total. The van der Waals surface area contributed by atoms with E-state index in [2.05, 4.69) is 10.6 Å². The van der Waals surface area contributed by atoms with E-state index in [0.29, 0.717) is 11.3 Å². The second kappa shape index (κ2) is 8.08. The Morgan fingerprint density at radius 3 is 2.16 bits per heavy atom. The molecule has 0 spiro atoms. The van der Waals surface area contributed by atoms with Crippen LogP contribution in [0.5, 0.6) is 0 Å². The normalized spacial score (nSPS) is 11.0. The minimum atomic E-state index is -0.371. The number of rotatable bonds is 5. The van der Waals surface area contributed by atoms with Gasteiger partial charge in [0.1, 0.15) is 5.70 Å². The summed E-state index contributed by atoms with van der Waals surface area (Å²) in [5.41, 5.74) is 1.35. The molecule has 0 atom stereocenters. The summed E-state index contributed by atoms with van der Waals surface area (Å²) in [6, 6.07) is 21.7. The number of carbonyl (C=O) groups excluding carboxylic acids is 2. The zero-order valence-electron chi connectivity index (χ0n) is 13.3. The summed E-state index contributed by atoms with van der Waals surface area (Å²) in [4.78, 5) is 25.9. The van der Waals surface area contributed by atoms with Crippen molar-refractivity contribution in [3.05, 3.63) is 94.3 Å². The number of nitrogens with one attached hydrogen (secondary N) is 2. The maximum atomic E-state index is 12.6. The van der Waals surface area contributed by atoms with E-state index in [4.69, 9.17) is 0 Å². The molecule has 3 rings (SSSR count). The van der Waals surface area contributed by atoms with Gasteiger partial charge in [0.2, 0.25) is 0 Å². The second-order valence-corrected chi connectivity index (χ2v) is 6.19. The van der Waals surface area contributed by atoms with Gasteiger partial charge in [0, 0.05) is 16.1 Å². The number of carbonyl (C=O) groups is 2. The Labute approximate surface area is 149 Å². The van der Waals surface area contributed by atoms with Crippen LogP contribution < -0.4 is 10.6 Å². The number of thiophene rings is 1. The molecule has 0 aliphatic rings. The third kappa shape index (κ3) is 4.65. The molecule has 4 nitrogen and oxygen atoms in total. The second-order valence-electron chi connectivity index (χ2n) is 5.21. The standard InChI is InChI=1S/C20H16N2O2S/c23-19(15-8-3-1-4-9-15)22-18(14-17-12-7-13-25-17)20(24)21-16-10-5-2-6-11-16/h1-14H,(H,21,24)(H,22,23)/b18-14+. The van der Waals surface area contributed by atoms with Gasteiger partial charge in [0.15, 0.2) is 0 Å². The highest BCUT2D eigenvalue weighted by Crippen LogP contribution is 2.14. The highest BCUT2D eigenvalue weighted by molar-refractivity contribution is 7.10. The molecule has 3 aromatic rings. The predicted molar refractivity (Wildman–Crippen MR) is 101 cm³/mol. The van der Waals surface area contributed by atoms with Crippen LogP contribution in [-0.2, 0) is 4.79 Å². The van der Waals surface area contributed by atoms with Crippen molar-refractivity contribution < 1.29 is 9.59 Å². The third-order valence-corrected chi connectivity index (χ3v) is 4.21. The molecule has 0 unspecified atom stereocenters. The minimum Gasteiger partial charge on any atom is -0.321 e. The average Bonchev–Trinajstić information content (AvgIpc) is 3.16. The number of hydrogen-bond donors (Lipinski definition) is 2. The maximum Gasteiger partial charge on any atom is 0.272 e. The van der Waals surface area contributed by atoms with Crippen LogP contribution >= 0.6 is 11.3 Å². The van der Waals surface area contributed by atoms with Gasteiger partial charge in [-0.2, -0.15) is 0 Å². The maximum absolute atomic E-state index is 12.6. The van der Waals surface area contributed by atoms with Gasteiger partial charge in [-0.3, -0.25) is 9.59 Å². The van der Waals surface area contributed by atoms with Crippen molar-refractivity contribution in [2.24, 2.45) is 0 Å². The Balaban J connectivity index is 1.83. The lowest BCUT2D eigenvalue weighted by Crippen LogP contribution is -2.30. The smallest absolute Gasteiger partial charge is 0.272 e. The molecule has 0 saturated heterocycles. The van der Waals surface area contributed by atoms with Crippen molar-refractivity contribution in [1.82, 2.24) is 5.32 Å². The zero-order valence-corrected chi connectivity index (χ0v) is 14.1. The fourth-order valence-corrected chi connectivity index (χ4v) is 2.84. The molecule has 5 heteroatoms. The van der Waals surface area contributed by atoms with Crippen molar-refractivity contribution in [2.45, 2.75) is 0 Å². The van der Waals surface area contributed by atoms with E-state index in [0.717, 1.165) is 4.88 Å². The first kappa shape index (κ1) is 16.7. The molecule has 2 amide bonds. The molecule has 0 fully saturated rings. The third-order valence-electron chi connectivity index (χ3n) is 3.39. The van der Waals surface area contributed by atoms with Gasteiger partial charge in [-0.15, -0.1) is 11.3 Å². The molecular weight excluding hydrogens is 332 g/mol. The summed E-state index contributed by atoms with van der Waals surface area (Å²) < 4.78 is 0. The summed E-state index contributed by atoms with van der Waals surface area (Å²) in [7, 11) is 0. The van der Waals surface area contributed by atoms with E-state index in [1.165, 1.54) is 11.3 Å². The summed E-state index contributed by atoms with van der Waals surface area (Å²) in [5.74, 6) is -0.699. The molecule has 0 aliphatic carbocycles. The van der Waals surface area contributed by atoms with Crippen LogP contribution in [0.15, 0.2) is 83.9 Å². The Bertz CT molecular complexity index is 873. The van der Waals surface area contributed by atoms with E-state index in [1.54, 1.807) is 42.5 Å². The molecule has 1 aromatic heterocycles. The molecule has 1 heterocycles. The fraction of sp³-hybridized carbons (Fsp3) is 0. The van der Waals surface area contributed by atoms with Crippen molar-refractivity contribution in [1.29, 1.82) is 0 Å². The molecule has 25 heavy (non-hydrogen) atoms. The first-order valence-electron chi connectivity index (χ1n) is 7.70. The molecule has 124 valence electrons. The highest BCUT2D eigenvalue weighted by Gasteiger charge is 2.15. The topological polar surface area (TPSA) is 58.2 Å². The number of anilines is 1. The van der Waals surface area contributed by atoms with Crippen LogP contribution in [0.4, 0.5) is 5.69 Å². The van der Waals surface area contributed by atoms with E-state index < -0.39 is 0 Å². The van der Waals surface area contributed by atoms with Crippen molar-refractivity contribution in [3.63, 3.8) is 0 Å². The molecule has 0 bridgehead atoms. The molecule has 0 aliphatic heterocycles. The fourth-order valence-electron chi connectivity index (χ4n) is 2.18. The van der Waals surface area contributed by atoms with Gasteiger partial charge < -0.3 is 10.6 Å². The summed E-state index contributed by atoms with van der Waals surface area (Å²) >= 11 is 1.49. The molecular formula is C20H16N2O2S. The Morgan fingerprint density at radius 1 is 0.840 bits per heavy atom. The van der Waals surface area contributed by atoms with Gasteiger partial charge in [0.05, 0.1) is 0 Å². The van der Waals surface area contributed by atoms with Crippen LogP contribution in [0.1, 0.15) is 15.2 Å². The zero-order chi connectivity index (χ0) is 17.5. The van der Waals surface area contributed by atoms with Gasteiger partial charge in [-0.25, -0.2) is 0 Å². The number of benzene rings is 2. The highest BCUT2D eigenvalue weighted by atomic mass is 32.1. The van der Waals surface area contributed by atoms with Crippen LogP contribution in [0.3, 0.4) is 0 Å². The van der Waals surface area contributed by atoms with Crippen molar-refractivity contribution in [3.8, 4) is 0 Å². The first-order chi connectivity index (χ1) is 12.2. The average molecular weight is 348 g/mol. The summed E-state index contributed by atoms with van der Waals surface area (Å²) in [6.07, 6.45) is 1.67. The quantitative estimate of drug-likeness (QED) is 0.680. The monoisotopic (exact) mass is 348 g/mol. The lowest BCUT2D eigenvalue weighted by atomic mass is 10.2. The van der Waals surface area contributed by atoms with Crippen molar-refractivity contribution >= 4 is 34.9 Å².